The number of aromatic nitrogens is 4. The number of hydrogen-bond donors (Lipinski definition) is 1. The van der Waals surface area contributed by atoms with Gasteiger partial charge in [0.15, 0.2) is 22.8 Å². The summed E-state index contributed by atoms with van der Waals surface area (Å²) in [5.74, 6) is 1.48. The molecule has 0 saturated heterocycles. The fourth-order valence-corrected chi connectivity index (χ4v) is 3.38. The summed E-state index contributed by atoms with van der Waals surface area (Å²) in [6.07, 6.45) is 0.231. The van der Waals surface area contributed by atoms with Gasteiger partial charge < -0.3 is 24.5 Å². The predicted molar refractivity (Wildman–Crippen MR) is 112 cm³/mol. The minimum absolute atomic E-state index is 0.180. The third kappa shape index (κ3) is 4.37. The van der Waals surface area contributed by atoms with Crippen molar-refractivity contribution in [3.63, 3.8) is 0 Å². The van der Waals surface area contributed by atoms with E-state index in [0.29, 0.717) is 36.0 Å². The molecule has 0 radical (unpaired) electrons. The Labute approximate surface area is 179 Å². The molecule has 0 aliphatic rings. The van der Waals surface area contributed by atoms with Crippen LogP contribution in [0, 0.1) is 12.0 Å². The molecule has 0 bridgehead atoms. The highest BCUT2D eigenvalue weighted by molar-refractivity contribution is 6.01. The van der Waals surface area contributed by atoms with Gasteiger partial charge in [-0.15, -0.1) is 0 Å². The zero-order valence-corrected chi connectivity index (χ0v) is 18.2. The zero-order chi connectivity index (χ0) is 22.7. The lowest BCUT2D eigenvalue weighted by atomic mass is 10.1. The van der Waals surface area contributed by atoms with Crippen LogP contribution in [0.2, 0.25) is 0 Å². The van der Waals surface area contributed by atoms with Gasteiger partial charge in [-0.3, -0.25) is 4.79 Å². The molecule has 9 nitrogen and oxygen atoms in total. The first-order valence-corrected chi connectivity index (χ1v) is 9.84. The number of primary amides is 1. The molecule has 10 heteroatoms. The summed E-state index contributed by atoms with van der Waals surface area (Å²) in [4.78, 5) is 23.9. The molecule has 2 heterocycles. The van der Waals surface area contributed by atoms with Crippen molar-refractivity contribution in [2.75, 3.05) is 21.3 Å². The second kappa shape index (κ2) is 9.15. The summed E-state index contributed by atoms with van der Waals surface area (Å²) in [6.45, 7) is 4.68. The van der Waals surface area contributed by atoms with Crippen molar-refractivity contribution >= 4 is 17.1 Å². The number of fused-ring (bicyclic) bond motifs is 1. The molecule has 31 heavy (non-hydrogen) atoms. The fraction of sp³-hybridized carbons (Fsp3) is 0.429. The number of carbonyl (C=O) groups excluding carboxylic acids is 1. The van der Waals surface area contributed by atoms with Crippen LogP contribution in [-0.4, -0.2) is 46.8 Å². The maximum absolute atomic E-state index is 14.1. The molecular formula is C21H26FN5O4. The Hall–Kier alpha value is -3.43. The summed E-state index contributed by atoms with van der Waals surface area (Å²) < 4.78 is 32.1. The van der Waals surface area contributed by atoms with Crippen molar-refractivity contribution in [1.29, 1.82) is 0 Å². The zero-order valence-electron chi connectivity index (χ0n) is 18.2. The third-order valence-electron chi connectivity index (χ3n) is 5.16. The number of carbonyl (C=O) groups is 1. The van der Waals surface area contributed by atoms with Gasteiger partial charge in [-0.25, -0.2) is 4.98 Å². The first kappa shape index (κ1) is 22.3. The Balaban J connectivity index is 2.18. The van der Waals surface area contributed by atoms with Gasteiger partial charge in [0.2, 0.25) is 5.75 Å². The number of amides is 1. The molecule has 0 aliphatic heterocycles. The lowest BCUT2D eigenvalue weighted by Gasteiger charge is -2.16. The van der Waals surface area contributed by atoms with Gasteiger partial charge in [0, 0.05) is 13.0 Å². The highest BCUT2D eigenvalue weighted by Gasteiger charge is 2.23. The number of ether oxygens (including phenoxy) is 3. The molecule has 1 amide bonds. The van der Waals surface area contributed by atoms with Gasteiger partial charge in [0.25, 0.3) is 5.91 Å². The van der Waals surface area contributed by atoms with Crippen LogP contribution < -0.4 is 19.9 Å². The van der Waals surface area contributed by atoms with Crippen LogP contribution in [-0.2, 0) is 13.0 Å². The van der Waals surface area contributed by atoms with Crippen LogP contribution in [0.5, 0.6) is 17.2 Å². The Kier molecular flexibility index (Phi) is 6.57. The van der Waals surface area contributed by atoms with E-state index in [1.54, 1.807) is 0 Å². The molecule has 2 aromatic heterocycles. The third-order valence-corrected chi connectivity index (χ3v) is 5.16. The highest BCUT2D eigenvalue weighted by Crippen LogP contribution is 2.38. The Bertz CT molecular complexity index is 1090. The van der Waals surface area contributed by atoms with Gasteiger partial charge in [0.1, 0.15) is 11.3 Å². The monoisotopic (exact) mass is 431 g/mol. The Morgan fingerprint density at radius 2 is 1.77 bits per heavy atom. The van der Waals surface area contributed by atoms with E-state index in [2.05, 4.69) is 28.8 Å². The molecule has 1 atom stereocenters. The van der Waals surface area contributed by atoms with Crippen molar-refractivity contribution in [2.45, 2.75) is 33.2 Å². The van der Waals surface area contributed by atoms with E-state index in [1.807, 2.05) is 16.7 Å². The van der Waals surface area contributed by atoms with Crippen molar-refractivity contribution in [3.8, 4) is 17.2 Å². The predicted octanol–water partition coefficient (Wildman–Crippen LogP) is 2.73. The maximum atomic E-state index is 14.1. The molecular weight excluding hydrogens is 405 g/mol. The van der Waals surface area contributed by atoms with E-state index in [-0.39, 0.29) is 22.8 Å². The normalized spacial score (nSPS) is 12.1. The van der Waals surface area contributed by atoms with E-state index in [0.717, 1.165) is 12.0 Å². The molecule has 166 valence electrons. The molecule has 0 spiro atoms. The van der Waals surface area contributed by atoms with Crippen molar-refractivity contribution in [2.24, 2.45) is 11.7 Å². The average molecular weight is 431 g/mol. The fourth-order valence-electron chi connectivity index (χ4n) is 3.38. The molecule has 0 fully saturated rings. The Morgan fingerprint density at radius 1 is 1.13 bits per heavy atom. The van der Waals surface area contributed by atoms with Gasteiger partial charge in [-0.2, -0.15) is 14.4 Å². The first-order chi connectivity index (χ1) is 14.8. The minimum Gasteiger partial charge on any atom is -0.493 e. The highest BCUT2D eigenvalue weighted by atomic mass is 19.1. The average Bonchev–Trinajstić information content (AvgIpc) is 3.08. The lowest BCUT2D eigenvalue weighted by Crippen LogP contribution is -2.16. The summed E-state index contributed by atoms with van der Waals surface area (Å²) in [5.41, 5.74) is 6.41. The van der Waals surface area contributed by atoms with E-state index in [1.165, 1.54) is 21.3 Å². The van der Waals surface area contributed by atoms with Gasteiger partial charge >= 0.3 is 6.08 Å². The number of nitrogens with zero attached hydrogens (tertiary/aromatic N) is 4. The van der Waals surface area contributed by atoms with Crippen LogP contribution in [0.4, 0.5) is 4.39 Å². The smallest absolute Gasteiger partial charge is 0.311 e. The van der Waals surface area contributed by atoms with Crippen LogP contribution in [0.15, 0.2) is 12.1 Å². The van der Waals surface area contributed by atoms with Gasteiger partial charge in [-0.05, 0) is 23.6 Å². The van der Waals surface area contributed by atoms with Gasteiger partial charge in [0.05, 0.1) is 21.3 Å². The summed E-state index contributed by atoms with van der Waals surface area (Å²) in [6, 6.07) is 3.63. The van der Waals surface area contributed by atoms with Crippen molar-refractivity contribution in [1.82, 2.24) is 19.5 Å². The largest absolute Gasteiger partial charge is 0.493 e. The minimum atomic E-state index is -1.02. The van der Waals surface area contributed by atoms with E-state index >= 15 is 0 Å². The van der Waals surface area contributed by atoms with E-state index in [9.17, 15) is 9.18 Å². The molecule has 3 aromatic rings. The molecule has 0 aliphatic carbocycles. The second-order valence-electron chi connectivity index (χ2n) is 7.24. The second-order valence-corrected chi connectivity index (χ2v) is 7.24. The number of benzene rings is 1. The molecule has 2 N–H and O–H groups in total. The van der Waals surface area contributed by atoms with Crippen LogP contribution >= 0.6 is 0 Å². The van der Waals surface area contributed by atoms with Crippen molar-refractivity contribution < 1.29 is 23.4 Å². The molecule has 0 saturated carbocycles. The summed E-state index contributed by atoms with van der Waals surface area (Å²) in [5, 5.41) is 0. The number of methoxy groups -OCH3 is 3. The molecule has 1 aromatic carbocycles. The topological polar surface area (TPSA) is 114 Å². The number of halogens is 1. The van der Waals surface area contributed by atoms with E-state index < -0.39 is 12.0 Å². The van der Waals surface area contributed by atoms with Crippen LogP contribution in [0.1, 0.15) is 42.1 Å². The SMILES string of the molecule is CC[C@H](C)Cn1c(Cc2cc(OC)c(OC)c(OC)c2)nc2c(C(N)=O)nc(F)nc21. The van der Waals surface area contributed by atoms with Gasteiger partial charge in [-0.1, -0.05) is 20.3 Å². The van der Waals surface area contributed by atoms with Crippen LogP contribution in [0.3, 0.4) is 0 Å². The number of rotatable bonds is 9. The quantitative estimate of drug-likeness (QED) is 0.518. The Morgan fingerprint density at radius 3 is 2.29 bits per heavy atom. The first-order valence-electron chi connectivity index (χ1n) is 9.84. The number of imidazole rings is 1. The molecule has 3 rings (SSSR count). The summed E-state index contributed by atoms with van der Waals surface area (Å²) >= 11 is 0. The summed E-state index contributed by atoms with van der Waals surface area (Å²) in [7, 11) is 4.61. The number of hydrogen-bond acceptors (Lipinski definition) is 7. The van der Waals surface area contributed by atoms with E-state index in [4.69, 9.17) is 19.9 Å². The lowest BCUT2D eigenvalue weighted by molar-refractivity contribution is 0.0995. The van der Waals surface area contributed by atoms with Crippen LogP contribution in [0.25, 0.3) is 11.2 Å². The number of nitrogens with two attached hydrogens (primary N) is 1. The molecule has 0 unspecified atom stereocenters. The van der Waals surface area contributed by atoms with Crippen molar-refractivity contribution in [3.05, 3.63) is 35.3 Å². The standard InChI is InChI=1S/C21H26FN5O4/c1-6-11(2)10-27-15(24-17-16(19(23)28)25-21(22)26-20(17)27)9-12-7-13(29-3)18(31-5)14(8-12)30-4/h7-8,11H,6,9-10H2,1-5H3,(H2,23,28)/t11-/m0/s1. The maximum Gasteiger partial charge on any atom is 0.311 e.